The highest BCUT2D eigenvalue weighted by Gasteiger charge is 2.32. The summed E-state index contributed by atoms with van der Waals surface area (Å²) in [6.07, 6.45) is 1.11. The van der Waals surface area contributed by atoms with E-state index in [1.54, 1.807) is 0 Å². The molecule has 0 saturated carbocycles. The molecular formula is C15H24N4O4S2. The molecule has 2 fully saturated rings. The van der Waals surface area contributed by atoms with Gasteiger partial charge in [0.1, 0.15) is 0 Å². The highest BCUT2D eigenvalue weighted by Crippen LogP contribution is 2.21. The lowest BCUT2D eigenvalue weighted by atomic mass is 10.2. The summed E-state index contributed by atoms with van der Waals surface area (Å²) in [4.78, 5) is 2.51. The molecule has 0 spiro atoms. The van der Waals surface area contributed by atoms with Crippen molar-refractivity contribution in [2.75, 3.05) is 46.3 Å². The Bertz CT molecular complexity index is 794. The molecule has 0 bridgehead atoms. The van der Waals surface area contributed by atoms with Crippen molar-refractivity contribution in [3.05, 3.63) is 24.3 Å². The topological polar surface area (TPSA) is 98.8 Å². The molecule has 1 aromatic carbocycles. The Morgan fingerprint density at radius 1 is 1.00 bits per heavy atom. The average molecular weight is 389 g/mol. The molecule has 1 atom stereocenters. The van der Waals surface area contributed by atoms with Crippen LogP contribution in [0.5, 0.6) is 0 Å². The fourth-order valence-electron chi connectivity index (χ4n) is 3.32. The number of sulfonamides is 2. The van der Waals surface area contributed by atoms with E-state index < -0.39 is 20.0 Å². The van der Waals surface area contributed by atoms with Gasteiger partial charge < -0.3 is 5.32 Å². The van der Waals surface area contributed by atoms with Crippen LogP contribution >= 0.6 is 0 Å². The maximum atomic E-state index is 12.8. The average Bonchev–Trinajstić information content (AvgIpc) is 3.16. The van der Waals surface area contributed by atoms with Crippen LogP contribution in [0.4, 0.5) is 0 Å². The number of benzene rings is 1. The quantitative estimate of drug-likeness (QED) is 0.690. The molecule has 2 aliphatic rings. The van der Waals surface area contributed by atoms with Gasteiger partial charge in [0, 0.05) is 38.8 Å². The lowest BCUT2D eigenvalue weighted by molar-refractivity contribution is 0.145. The van der Waals surface area contributed by atoms with Gasteiger partial charge in [-0.25, -0.2) is 21.6 Å². The van der Waals surface area contributed by atoms with E-state index in [2.05, 4.69) is 14.9 Å². The number of rotatable bonds is 5. The van der Waals surface area contributed by atoms with Crippen molar-refractivity contribution in [3.8, 4) is 0 Å². The van der Waals surface area contributed by atoms with Crippen LogP contribution in [0.25, 0.3) is 0 Å². The SMILES string of the molecule is CNS(=O)(=O)c1ccc(S(=O)(=O)N2CCN(C3CCNC3)CC2)cc1. The summed E-state index contributed by atoms with van der Waals surface area (Å²) in [5.41, 5.74) is 0. The van der Waals surface area contributed by atoms with E-state index >= 15 is 0 Å². The van der Waals surface area contributed by atoms with Crippen LogP contribution in [0, 0.1) is 0 Å². The maximum absolute atomic E-state index is 12.8. The van der Waals surface area contributed by atoms with Crippen molar-refractivity contribution in [3.63, 3.8) is 0 Å². The minimum Gasteiger partial charge on any atom is -0.315 e. The monoisotopic (exact) mass is 388 g/mol. The smallest absolute Gasteiger partial charge is 0.243 e. The summed E-state index contributed by atoms with van der Waals surface area (Å²) in [5, 5.41) is 3.33. The van der Waals surface area contributed by atoms with E-state index in [0.29, 0.717) is 19.1 Å². The molecule has 1 unspecified atom stereocenters. The Labute approximate surface area is 149 Å². The summed E-state index contributed by atoms with van der Waals surface area (Å²) in [5.74, 6) is 0. The Balaban J connectivity index is 1.70. The molecule has 140 valence electrons. The minimum absolute atomic E-state index is 0.0486. The minimum atomic E-state index is -3.60. The molecule has 2 aliphatic heterocycles. The highest BCUT2D eigenvalue weighted by molar-refractivity contribution is 7.89. The van der Waals surface area contributed by atoms with Crippen LogP contribution in [0.2, 0.25) is 0 Å². The zero-order valence-electron chi connectivity index (χ0n) is 14.2. The normalized spacial score (nSPS) is 23.8. The number of hydrogen-bond donors (Lipinski definition) is 2. The first kappa shape index (κ1) is 18.7. The fraction of sp³-hybridized carbons (Fsp3) is 0.600. The third kappa shape index (κ3) is 3.88. The van der Waals surface area contributed by atoms with E-state index in [9.17, 15) is 16.8 Å². The van der Waals surface area contributed by atoms with Crippen LogP contribution in [-0.4, -0.2) is 78.4 Å². The lowest BCUT2D eigenvalue weighted by Gasteiger charge is -2.37. The van der Waals surface area contributed by atoms with Crippen LogP contribution < -0.4 is 10.0 Å². The molecule has 0 amide bonds. The Kier molecular flexibility index (Phi) is 5.47. The van der Waals surface area contributed by atoms with E-state index in [1.807, 2.05) is 0 Å². The molecular weight excluding hydrogens is 364 g/mol. The van der Waals surface area contributed by atoms with Gasteiger partial charge in [-0.15, -0.1) is 0 Å². The highest BCUT2D eigenvalue weighted by atomic mass is 32.2. The summed E-state index contributed by atoms with van der Waals surface area (Å²) < 4.78 is 52.7. The number of nitrogens with one attached hydrogen (secondary N) is 2. The first-order valence-electron chi connectivity index (χ1n) is 8.33. The van der Waals surface area contributed by atoms with Gasteiger partial charge in [-0.3, -0.25) is 4.90 Å². The second-order valence-corrected chi connectivity index (χ2v) is 10.1. The molecule has 3 rings (SSSR count). The van der Waals surface area contributed by atoms with Crippen molar-refractivity contribution in [2.45, 2.75) is 22.3 Å². The molecule has 0 aromatic heterocycles. The van der Waals surface area contributed by atoms with E-state index in [0.717, 1.165) is 32.6 Å². The van der Waals surface area contributed by atoms with Crippen molar-refractivity contribution >= 4 is 20.0 Å². The van der Waals surface area contributed by atoms with Crippen molar-refractivity contribution in [1.29, 1.82) is 0 Å². The van der Waals surface area contributed by atoms with Gasteiger partial charge in [-0.2, -0.15) is 4.31 Å². The zero-order valence-corrected chi connectivity index (χ0v) is 15.8. The standard InChI is InChI=1S/C15H24N4O4S2/c1-16-24(20,21)14-2-4-15(5-3-14)25(22,23)19-10-8-18(9-11-19)13-6-7-17-12-13/h2-5,13,16-17H,6-12H2,1H3. The number of hydrogen-bond acceptors (Lipinski definition) is 6. The molecule has 25 heavy (non-hydrogen) atoms. The first-order valence-corrected chi connectivity index (χ1v) is 11.3. The molecule has 0 aliphatic carbocycles. The predicted molar refractivity (Wildman–Crippen MR) is 94.3 cm³/mol. The zero-order chi connectivity index (χ0) is 18.1. The van der Waals surface area contributed by atoms with Gasteiger partial charge in [0.15, 0.2) is 0 Å². The third-order valence-electron chi connectivity index (χ3n) is 4.86. The molecule has 0 radical (unpaired) electrons. The van der Waals surface area contributed by atoms with Crippen molar-refractivity contribution < 1.29 is 16.8 Å². The van der Waals surface area contributed by atoms with Gasteiger partial charge in [-0.1, -0.05) is 0 Å². The Hall–Kier alpha value is -1.04. The molecule has 8 nitrogen and oxygen atoms in total. The summed E-state index contributed by atoms with van der Waals surface area (Å²) >= 11 is 0. The fourth-order valence-corrected chi connectivity index (χ4v) is 5.47. The van der Waals surface area contributed by atoms with Crippen LogP contribution in [0.3, 0.4) is 0 Å². The first-order chi connectivity index (χ1) is 11.8. The van der Waals surface area contributed by atoms with Gasteiger partial charge in [0.2, 0.25) is 20.0 Å². The number of nitrogens with zero attached hydrogens (tertiary/aromatic N) is 2. The molecule has 10 heteroatoms. The third-order valence-corrected chi connectivity index (χ3v) is 8.21. The predicted octanol–water partition coefficient (Wildman–Crippen LogP) is -0.737. The van der Waals surface area contributed by atoms with Gasteiger partial charge in [0.25, 0.3) is 0 Å². The molecule has 2 N–H and O–H groups in total. The van der Waals surface area contributed by atoms with Gasteiger partial charge in [0.05, 0.1) is 9.79 Å². The van der Waals surface area contributed by atoms with E-state index in [1.165, 1.54) is 35.6 Å². The van der Waals surface area contributed by atoms with Crippen molar-refractivity contribution in [2.24, 2.45) is 0 Å². The van der Waals surface area contributed by atoms with E-state index in [-0.39, 0.29) is 9.79 Å². The van der Waals surface area contributed by atoms with Gasteiger partial charge >= 0.3 is 0 Å². The lowest BCUT2D eigenvalue weighted by Crippen LogP contribution is -2.52. The maximum Gasteiger partial charge on any atom is 0.243 e. The van der Waals surface area contributed by atoms with Crippen molar-refractivity contribution in [1.82, 2.24) is 19.2 Å². The van der Waals surface area contributed by atoms with Crippen LogP contribution in [0.1, 0.15) is 6.42 Å². The summed E-state index contributed by atoms with van der Waals surface area (Å²) in [6, 6.07) is 5.84. The second-order valence-electron chi connectivity index (χ2n) is 6.27. The number of piperazine rings is 1. The second kappa shape index (κ2) is 7.29. The molecule has 1 aromatic rings. The molecule has 2 saturated heterocycles. The Morgan fingerprint density at radius 2 is 1.60 bits per heavy atom. The van der Waals surface area contributed by atoms with Gasteiger partial charge in [-0.05, 0) is 44.3 Å². The summed E-state index contributed by atoms with van der Waals surface area (Å²) in [6.45, 7) is 4.33. The van der Waals surface area contributed by atoms with Crippen LogP contribution in [0.15, 0.2) is 34.1 Å². The molecule has 2 heterocycles. The summed E-state index contributed by atoms with van der Waals surface area (Å²) in [7, 11) is -5.86. The largest absolute Gasteiger partial charge is 0.315 e. The van der Waals surface area contributed by atoms with Crippen LogP contribution in [-0.2, 0) is 20.0 Å². The Morgan fingerprint density at radius 3 is 2.12 bits per heavy atom. The van der Waals surface area contributed by atoms with E-state index in [4.69, 9.17) is 0 Å².